The van der Waals surface area contributed by atoms with E-state index in [-0.39, 0.29) is 17.2 Å². The molecule has 0 saturated heterocycles. The lowest BCUT2D eigenvalue weighted by molar-refractivity contribution is -0.385. The number of nitro benzene ring substituents is 1. The summed E-state index contributed by atoms with van der Waals surface area (Å²) in [4.78, 5) is 32.8. The number of nitrogens with one attached hydrogen (secondary N) is 2. The third kappa shape index (κ3) is 4.51. The molecule has 4 rings (SSSR count). The Morgan fingerprint density at radius 3 is 2.94 bits per heavy atom. The van der Waals surface area contributed by atoms with E-state index < -0.39 is 4.92 Å². The summed E-state index contributed by atoms with van der Waals surface area (Å²) in [5.74, 6) is 0.313. The van der Waals surface area contributed by atoms with Gasteiger partial charge < -0.3 is 10.6 Å². The third-order valence-corrected chi connectivity index (χ3v) is 5.60. The molecule has 0 atom stereocenters. The predicted molar refractivity (Wildman–Crippen MR) is 117 cm³/mol. The Balaban J connectivity index is 1.40. The summed E-state index contributed by atoms with van der Waals surface area (Å²) in [6.45, 7) is 2.98. The first-order valence-electron chi connectivity index (χ1n) is 9.49. The van der Waals surface area contributed by atoms with Crippen molar-refractivity contribution in [3.05, 3.63) is 74.4 Å². The van der Waals surface area contributed by atoms with Gasteiger partial charge in [0.15, 0.2) is 5.65 Å². The summed E-state index contributed by atoms with van der Waals surface area (Å²) < 4.78 is 1.69. The highest BCUT2D eigenvalue weighted by Crippen LogP contribution is 2.21. The Morgan fingerprint density at radius 1 is 1.29 bits per heavy atom. The Morgan fingerprint density at radius 2 is 2.16 bits per heavy atom. The second-order valence-corrected chi connectivity index (χ2v) is 7.81. The fourth-order valence-corrected chi connectivity index (χ4v) is 3.75. The molecule has 0 spiro atoms. The molecule has 0 aliphatic rings. The molecular formula is C20H19N7O3S. The lowest BCUT2D eigenvalue weighted by atomic mass is 10.1. The molecule has 0 unspecified atom stereocenters. The van der Waals surface area contributed by atoms with Gasteiger partial charge in [-0.05, 0) is 24.4 Å². The van der Waals surface area contributed by atoms with Crippen molar-refractivity contribution >= 4 is 39.8 Å². The van der Waals surface area contributed by atoms with E-state index in [4.69, 9.17) is 0 Å². The molecule has 11 heteroatoms. The van der Waals surface area contributed by atoms with E-state index >= 15 is 0 Å². The second-order valence-electron chi connectivity index (χ2n) is 6.77. The minimum Gasteiger partial charge on any atom is -0.364 e. The van der Waals surface area contributed by atoms with Gasteiger partial charge in [-0.2, -0.15) is 5.10 Å². The third-order valence-electron chi connectivity index (χ3n) is 4.72. The van der Waals surface area contributed by atoms with Gasteiger partial charge in [0, 0.05) is 28.6 Å². The maximum Gasteiger partial charge on any atom is 0.273 e. The number of carbonyl (C=O) groups excluding carboxylic acids is 1. The van der Waals surface area contributed by atoms with Crippen molar-refractivity contribution < 1.29 is 9.72 Å². The number of thiophene rings is 1. The maximum atomic E-state index is 12.4. The molecule has 31 heavy (non-hydrogen) atoms. The molecule has 0 aliphatic heterocycles. The molecule has 3 heterocycles. The average Bonchev–Trinajstić information content (AvgIpc) is 3.42. The number of benzene rings is 1. The Kier molecular flexibility index (Phi) is 5.85. The molecule has 158 valence electrons. The van der Waals surface area contributed by atoms with Crippen LogP contribution < -0.4 is 10.6 Å². The van der Waals surface area contributed by atoms with Gasteiger partial charge in [-0.3, -0.25) is 14.9 Å². The lowest BCUT2D eigenvalue weighted by Gasteiger charge is -2.08. The highest BCUT2D eigenvalue weighted by molar-refractivity contribution is 7.09. The standard InChI is InChI=1S/C20H19N7O3S/c1-13-4-5-14(9-17(13)27(29)30)20(28)21-6-7-26-19-16(11-25-26)18(23-12-24-19)22-10-15-3-2-8-31-15/h2-5,8-9,11-12H,6-7,10H2,1H3,(H,21,28)(H,22,23,24). The number of hydrogen-bond donors (Lipinski definition) is 2. The quantitative estimate of drug-likeness (QED) is 0.320. The summed E-state index contributed by atoms with van der Waals surface area (Å²) in [5.41, 5.74) is 1.33. The average molecular weight is 437 g/mol. The zero-order chi connectivity index (χ0) is 21.8. The molecule has 2 N–H and O–H groups in total. The number of nitrogens with zero attached hydrogens (tertiary/aromatic N) is 5. The first-order chi connectivity index (χ1) is 15.0. The smallest absolute Gasteiger partial charge is 0.273 e. The van der Waals surface area contributed by atoms with Crippen molar-refractivity contribution in [2.75, 3.05) is 11.9 Å². The topological polar surface area (TPSA) is 128 Å². The van der Waals surface area contributed by atoms with E-state index in [1.165, 1.54) is 17.3 Å². The number of anilines is 1. The molecule has 4 aromatic rings. The summed E-state index contributed by atoms with van der Waals surface area (Å²) >= 11 is 1.66. The molecule has 3 aromatic heterocycles. The number of hydrogen-bond acceptors (Lipinski definition) is 8. The van der Waals surface area contributed by atoms with E-state index in [2.05, 4.69) is 25.7 Å². The molecule has 0 saturated carbocycles. The number of fused-ring (bicyclic) bond motifs is 1. The van der Waals surface area contributed by atoms with Crippen molar-refractivity contribution in [2.45, 2.75) is 20.0 Å². The molecular weight excluding hydrogens is 418 g/mol. The Labute approximate surface area is 181 Å². The highest BCUT2D eigenvalue weighted by atomic mass is 32.1. The number of aryl methyl sites for hydroxylation is 1. The molecule has 0 radical (unpaired) electrons. The van der Waals surface area contributed by atoms with Gasteiger partial charge in [-0.1, -0.05) is 12.1 Å². The molecule has 0 aliphatic carbocycles. The van der Waals surface area contributed by atoms with E-state index in [9.17, 15) is 14.9 Å². The summed E-state index contributed by atoms with van der Waals surface area (Å²) in [5, 5.41) is 24.3. The van der Waals surface area contributed by atoms with Crippen LogP contribution in [0.4, 0.5) is 11.5 Å². The van der Waals surface area contributed by atoms with Crippen LogP contribution in [0.1, 0.15) is 20.8 Å². The first-order valence-corrected chi connectivity index (χ1v) is 10.4. The van der Waals surface area contributed by atoms with Gasteiger partial charge in [-0.15, -0.1) is 11.3 Å². The summed E-state index contributed by atoms with van der Waals surface area (Å²) in [7, 11) is 0. The number of amides is 1. The van der Waals surface area contributed by atoms with Crippen LogP contribution in [-0.4, -0.2) is 37.1 Å². The molecule has 1 amide bonds. The maximum absolute atomic E-state index is 12.4. The van der Waals surface area contributed by atoms with E-state index in [0.29, 0.717) is 36.7 Å². The largest absolute Gasteiger partial charge is 0.364 e. The summed E-state index contributed by atoms with van der Waals surface area (Å²) in [6, 6.07) is 8.46. The number of aromatic nitrogens is 4. The van der Waals surface area contributed by atoms with Gasteiger partial charge in [0.25, 0.3) is 11.6 Å². The van der Waals surface area contributed by atoms with Crippen LogP contribution in [0.25, 0.3) is 11.0 Å². The fraction of sp³-hybridized carbons (Fsp3) is 0.200. The second kappa shape index (κ2) is 8.88. The SMILES string of the molecule is Cc1ccc(C(=O)NCCn2ncc3c(NCc4cccs4)ncnc32)cc1[N+](=O)[O-]. The Bertz CT molecular complexity index is 1240. The van der Waals surface area contributed by atoms with E-state index in [1.807, 2.05) is 17.5 Å². The summed E-state index contributed by atoms with van der Waals surface area (Å²) in [6.07, 6.45) is 3.17. The van der Waals surface area contributed by atoms with Crippen molar-refractivity contribution in [1.82, 2.24) is 25.1 Å². The van der Waals surface area contributed by atoms with Crippen LogP contribution in [0.2, 0.25) is 0 Å². The van der Waals surface area contributed by atoms with Crippen molar-refractivity contribution in [1.29, 1.82) is 0 Å². The fourth-order valence-electron chi connectivity index (χ4n) is 3.11. The van der Waals surface area contributed by atoms with Crippen LogP contribution >= 0.6 is 11.3 Å². The number of nitro groups is 1. The lowest BCUT2D eigenvalue weighted by Crippen LogP contribution is -2.27. The van der Waals surface area contributed by atoms with E-state index in [0.717, 1.165) is 5.39 Å². The molecule has 1 aromatic carbocycles. The van der Waals surface area contributed by atoms with Gasteiger partial charge in [-0.25, -0.2) is 14.6 Å². The van der Waals surface area contributed by atoms with Crippen molar-refractivity contribution in [3.8, 4) is 0 Å². The zero-order valence-electron chi connectivity index (χ0n) is 16.6. The number of carbonyl (C=O) groups is 1. The Hall–Kier alpha value is -3.86. The van der Waals surface area contributed by atoms with Crippen molar-refractivity contribution in [3.63, 3.8) is 0 Å². The minimum absolute atomic E-state index is 0.0787. The van der Waals surface area contributed by atoms with Crippen LogP contribution in [0.3, 0.4) is 0 Å². The predicted octanol–water partition coefficient (Wildman–Crippen LogP) is 3.15. The zero-order valence-corrected chi connectivity index (χ0v) is 17.4. The van der Waals surface area contributed by atoms with E-state index in [1.54, 1.807) is 41.3 Å². The first kappa shape index (κ1) is 20.4. The van der Waals surface area contributed by atoms with Crippen molar-refractivity contribution in [2.24, 2.45) is 0 Å². The van der Waals surface area contributed by atoms with Crippen LogP contribution in [-0.2, 0) is 13.1 Å². The van der Waals surface area contributed by atoms with Gasteiger partial charge in [0.1, 0.15) is 12.1 Å². The highest BCUT2D eigenvalue weighted by Gasteiger charge is 2.15. The van der Waals surface area contributed by atoms with Crippen LogP contribution in [0, 0.1) is 17.0 Å². The van der Waals surface area contributed by atoms with Gasteiger partial charge >= 0.3 is 0 Å². The van der Waals surface area contributed by atoms with Gasteiger partial charge in [0.05, 0.1) is 29.6 Å². The number of rotatable bonds is 8. The minimum atomic E-state index is -0.494. The van der Waals surface area contributed by atoms with Crippen LogP contribution in [0.15, 0.2) is 48.2 Å². The molecule has 0 fully saturated rings. The van der Waals surface area contributed by atoms with Crippen LogP contribution in [0.5, 0.6) is 0 Å². The van der Waals surface area contributed by atoms with Gasteiger partial charge in [0.2, 0.25) is 0 Å². The molecule has 0 bridgehead atoms. The molecule has 10 nitrogen and oxygen atoms in total. The normalized spacial score (nSPS) is 10.9. The monoisotopic (exact) mass is 437 g/mol.